The molecule has 19 heavy (non-hydrogen) atoms. The van der Waals surface area contributed by atoms with Crippen molar-refractivity contribution in [3.63, 3.8) is 0 Å². The predicted octanol–water partition coefficient (Wildman–Crippen LogP) is 0.265. The molecule has 0 radical (unpaired) electrons. The molecule has 1 heterocycles. The Hall–Kier alpha value is -1.60. The van der Waals surface area contributed by atoms with Crippen molar-refractivity contribution in [1.82, 2.24) is 4.90 Å². The van der Waals surface area contributed by atoms with Crippen molar-refractivity contribution in [2.45, 2.75) is 12.5 Å². The number of β-amino-alcohol motifs (C(OH)–C–C–N with tert-alkyl or cyclic N) is 1. The highest BCUT2D eigenvalue weighted by atomic mass is 32.2. The third-order valence-corrected chi connectivity index (χ3v) is 3.49. The molecule has 1 aliphatic rings. The summed E-state index contributed by atoms with van der Waals surface area (Å²) >= 11 is 0. The van der Waals surface area contributed by atoms with Gasteiger partial charge in [-0.05, 0) is 30.7 Å². The van der Waals surface area contributed by atoms with Crippen LogP contribution in [-0.4, -0.2) is 49.8 Å². The zero-order valence-corrected chi connectivity index (χ0v) is 11.4. The van der Waals surface area contributed by atoms with E-state index in [4.69, 9.17) is 0 Å². The van der Waals surface area contributed by atoms with E-state index in [1.54, 1.807) is 29.2 Å². The van der Waals surface area contributed by atoms with Crippen LogP contribution in [0, 0.1) is 0 Å². The van der Waals surface area contributed by atoms with E-state index in [1.807, 2.05) is 0 Å². The first-order valence-electron chi connectivity index (χ1n) is 5.90. The quantitative estimate of drug-likeness (QED) is 0.834. The summed E-state index contributed by atoms with van der Waals surface area (Å²) in [5.74, 6) is -0.151. The molecule has 1 unspecified atom stereocenters. The van der Waals surface area contributed by atoms with E-state index in [-0.39, 0.29) is 5.91 Å². The van der Waals surface area contributed by atoms with Gasteiger partial charge in [-0.3, -0.25) is 9.52 Å². The summed E-state index contributed by atoms with van der Waals surface area (Å²) in [6.07, 6.45) is 1.21. The molecule has 104 valence electrons. The lowest BCUT2D eigenvalue weighted by molar-refractivity contribution is 0.0765. The molecule has 0 aromatic heterocycles. The second-order valence-corrected chi connectivity index (χ2v) is 6.39. The maximum atomic E-state index is 12.1. The van der Waals surface area contributed by atoms with Crippen molar-refractivity contribution in [3.8, 4) is 0 Å². The lowest BCUT2D eigenvalue weighted by Gasteiger charge is -2.15. The van der Waals surface area contributed by atoms with Gasteiger partial charge in [-0.25, -0.2) is 8.42 Å². The Balaban J connectivity index is 2.08. The average Bonchev–Trinajstić information content (AvgIpc) is 2.74. The van der Waals surface area contributed by atoms with Gasteiger partial charge in [0.1, 0.15) is 0 Å². The van der Waals surface area contributed by atoms with E-state index in [9.17, 15) is 18.3 Å². The maximum absolute atomic E-state index is 12.1. The number of amides is 1. The lowest BCUT2D eigenvalue weighted by atomic mass is 10.2. The number of hydrogen-bond acceptors (Lipinski definition) is 4. The van der Waals surface area contributed by atoms with Gasteiger partial charge in [0.05, 0.1) is 12.4 Å². The molecule has 2 N–H and O–H groups in total. The van der Waals surface area contributed by atoms with Crippen LogP contribution in [0.4, 0.5) is 5.69 Å². The van der Waals surface area contributed by atoms with Crippen LogP contribution < -0.4 is 4.72 Å². The Labute approximate surface area is 112 Å². The minimum Gasteiger partial charge on any atom is -0.391 e. The molecule has 1 saturated heterocycles. The van der Waals surface area contributed by atoms with E-state index in [0.717, 1.165) is 6.26 Å². The zero-order valence-electron chi connectivity index (χ0n) is 10.5. The molecule has 7 heteroatoms. The van der Waals surface area contributed by atoms with Crippen LogP contribution in [0.25, 0.3) is 0 Å². The number of likely N-dealkylation sites (tertiary alicyclic amines) is 1. The fraction of sp³-hybridized carbons (Fsp3) is 0.417. The molecule has 1 aromatic carbocycles. The number of carbonyl (C=O) groups is 1. The number of rotatable bonds is 3. The minimum atomic E-state index is -3.31. The molecule has 0 bridgehead atoms. The smallest absolute Gasteiger partial charge is 0.253 e. The molecule has 0 saturated carbocycles. The number of nitrogens with one attached hydrogen (secondary N) is 1. The monoisotopic (exact) mass is 284 g/mol. The third kappa shape index (κ3) is 3.68. The number of sulfonamides is 1. The molecule has 1 aromatic rings. The highest BCUT2D eigenvalue weighted by Crippen LogP contribution is 2.16. The van der Waals surface area contributed by atoms with Crippen LogP contribution in [-0.2, 0) is 10.0 Å². The first kappa shape index (κ1) is 13.8. The first-order chi connectivity index (χ1) is 8.85. The molecule has 1 fully saturated rings. The van der Waals surface area contributed by atoms with Crippen molar-refractivity contribution >= 4 is 21.6 Å². The van der Waals surface area contributed by atoms with E-state index in [1.165, 1.54) is 0 Å². The van der Waals surface area contributed by atoms with Gasteiger partial charge in [0.25, 0.3) is 5.91 Å². The number of carbonyl (C=O) groups excluding carboxylic acids is 1. The number of aliphatic hydroxyl groups excluding tert-OH is 1. The van der Waals surface area contributed by atoms with Crippen LogP contribution >= 0.6 is 0 Å². The summed E-state index contributed by atoms with van der Waals surface area (Å²) in [5.41, 5.74) is 0.897. The fourth-order valence-electron chi connectivity index (χ4n) is 2.00. The standard InChI is InChI=1S/C12H16N2O4S/c1-19(17,18)13-10-4-2-9(3-5-10)12(16)14-7-6-11(15)8-14/h2-5,11,13,15H,6-8H2,1H3. The number of benzene rings is 1. The number of aliphatic hydroxyl groups is 1. The van der Waals surface area contributed by atoms with Crippen LogP contribution in [0.5, 0.6) is 0 Å². The lowest BCUT2D eigenvalue weighted by Crippen LogP contribution is -2.29. The summed E-state index contributed by atoms with van der Waals surface area (Å²) in [7, 11) is -3.31. The van der Waals surface area contributed by atoms with Gasteiger partial charge in [0, 0.05) is 24.3 Å². The van der Waals surface area contributed by atoms with E-state index in [0.29, 0.717) is 30.8 Å². The molecule has 1 atom stereocenters. The van der Waals surface area contributed by atoms with Gasteiger partial charge in [0.15, 0.2) is 0 Å². The summed E-state index contributed by atoms with van der Waals surface area (Å²) in [4.78, 5) is 13.7. The highest BCUT2D eigenvalue weighted by molar-refractivity contribution is 7.92. The number of nitrogens with zero attached hydrogens (tertiary/aromatic N) is 1. The third-order valence-electron chi connectivity index (χ3n) is 2.89. The molecule has 0 spiro atoms. The summed E-state index contributed by atoms with van der Waals surface area (Å²) in [6.45, 7) is 0.894. The molecule has 1 amide bonds. The van der Waals surface area contributed by atoms with E-state index < -0.39 is 16.1 Å². The second kappa shape index (κ2) is 5.18. The number of hydrogen-bond donors (Lipinski definition) is 2. The summed E-state index contributed by atoms with van der Waals surface area (Å²) in [6, 6.07) is 6.22. The average molecular weight is 284 g/mol. The Morgan fingerprint density at radius 3 is 2.47 bits per heavy atom. The molecule has 0 aliphatic carbocycles. The Bertz CT molecular complexity index is 568. The molecule has 1 aliphatic heterocycles. The molecule has 6 nitrogen and oxygen atoms in total. The molecular weight excluding hydrogens is 268 g/mol. The van der Waals surface area contributed by atoms with E-state index >= 15 is 0 Å². The number of anilines is 1. The topological polar surface area (TPSA) is 86.7 Å². The first-order valence-corrected chi connectivity index (χ1v) is 7.79. The van der Waals surface area contributed by atoms with Crippen LogP contribution in [0.15, 0.2) is 24.3 Å². The van der Waals surface area contributed by atoms with Crippen LogP contribution in [0.2, 0.25) is 0 Å². The van der Waals surface area contributed by atoms with Gasteiger partial charge in [-0.2, -0.15) is 0 Å². The minimum absolute atomic E-state index is 0.151. The van der Waals surface area contributed by atoms with Crippen molar-refractivity contribution < 1.29 is 18.3 Å². The van der Waals surface area contributed by atoms with Crippen molar-refractivity contribution in [3.05, 3.63) is 29.8 Å². The van der Waals surface area contributed by atoms with Gasteiger partial charge >= 0.3 is 0 Å². The van der Waals surface area contributed by atoms with Crippen molar-refractivity contribution in [2.75, 3.05) is 24.1 Å². The Morgan fingerprint density at radius 1 is 1.37 bits per heavy atom. The van der Waals surface area contributed by atoms with E-state index in [2.05, 4.69) is 4.72 Å². The van der Waals surface area contributed by atoms with Gasteiger partial charge in [-0.1, -0.05) is 0 Å². The summed E-state index contributed by atoms with van der Waals surface area (Å²) in [5, 5.41) is 9.40. The van der Waals surface area contributed by atoms with Crippen molar-refractivity contribution in [2.24, 2.45) is 0 Å². The zero-order chi connectivity index (χ0) is 14.0. The SMILES string of the molecule is CS(=O)(=O)Nc1ccc(C(=O)N2CCC(O)C2)cc1. The maximum Gasteiger partial charge on any atom is 0.253 e. The van der Waals surface area contributed by atoms with Crippen molar-refractivity contribution in [1.29, 1.82) is 0 Å². The predicted molar refractivity (Wildman–Crippen MR) is 71.4 cm³/mol. The normalized spacial score (nSPS) is 19.5. The van der Waals surface area contributed by atoms with Gasteiger partial charge in [-0.15, -0.1) is 0 Å². The van der Waals surface area contributed by atoms with Gasteiger partial charge in [0.2, 0.25) is 10.0 Å². The second-order valence-electron chi connectivity index (χ2n) is 4.65. The van der Waals surface area contributed by atoms with Crippen LogP contribution in [0.3, 0.4) is 0 Å². The Morgan fingerprint density at radius 2 is 2.00 bits per heavy atom. The molecule has 2 rings (SSSR count). The largest absolute Gasteiger partial charge is 0.391 e. The fourth-order valence-corrected chi connectivity index (χ4v) is 2.57. The molecular formula is C12H16N2O4S. The highest BCUT2D eigenvalue weighted by Gasteiger charge is 2.25. The Kier molecular flexibility index (Phi) is 3.77. The van der Waals surface area contributed by atoms with Crippen LogP contribution in [0.1, 0.15) is 16.8 Å². The van der Waals surface area contributed by atoms with Gasteiger partial charge < -0.3 is 10.0 Å². The summed E-state index contributed by atoms with van der Waals surface area (Å²) < 4.78 is 24.4.